The van der Waals surface area contributed by atoms with E-state index >= 15 is 0 Å². The van der Waals surface area contributed by atoms with Crippen molar-refractivity contribution in [3.63, 3.8) is 0 Å². The molecule has 0 spiro atoms. The van der Waals surface area contributed by atoms with Gasteiger partial charge >= 0.3 is 0 Å². The summed E-state index contributed by atoms with van der Waals surface area (Å²) in [4.78, 5) is 58.4. The lowest BCUT2D eigenvalue weighted by atomic mass is 9.59. The molecule has 2 amide bonds. The highest BCUT2D eigenvalue weighted by Crippen LogP contribution is 2.56. The van der Waals surface area contributed by atoms with Crippen LogP contribution in [0.3, 0.4) is 0 Å². The van der Waals surface area contributed by atoms with Gasteiger partial charge < -0.3 is 14.7 Å². The Labute approximate surface area is 277 Å². The smallest absolute Gasteiger partial charge is 0.238 e. The molecule has 10 heteroatoms. The summed E-state index contributed by atoms with van der Waals surface area (Å²) in [7, 11) is 5.43. The summed E-state index contributed by atoms with van der Waals surface area (Å²) in [6, 6.07) is 19.2. The molecule has 3 aromatic carbocycles. The number of phenols is 1. The van der Waals surface area contributed by atoms with Crippen LogP contribution in [0.15, 0.2) is 111 Å². The number of allylic oxidation sites excluding steroid dienone is 6. The number of phenolic OH excluding ortho intramolecular Hbond substituents is 1. The topological polar surface area (TPSA) is 129 Å². The second-order valence-electron chi connectivity index (χ2n) is 12.8. The van der Waals surface area contributed by atoms with Crippen molar-refractivity contribution in [2.45, 2.75) is 25.7 Å². The van der Waals surface area contributed by atoms with Gasteiger partial charge in [-0.25, -0.2) is 0 Å². The van der Waals surface area contributed by atoms with Crippen molar-refractivity contribution in [2.24, 2.45) is 28.0 Å². The van der Waals surface area contributed by atoms with Crippen LogP contribution in [-0.4, -0.2) is 49.7 Å². The molecular formula is C38H34N4O6. The van der Waals surface area contributed by atoms with E-state index in [1.807, 2.05) is 49.3 Å². The summed E-state index contributed by atoms with van der Waals surface area (Å²) < 4.78 is 5.43. The number of imide groups is 1. The number of aromatic hydroxyl groups is 1. The predicted molar refractivity (Wildman–Crippen MR) is 180 cm³/mol. The minimum absolute atomic E-state index is 0.0545. The van der Waals surface area contributed by atoms with Crippen molar-refractivity contribution in [1.82, 2.24) is 0 Å². The summed E-state index contributed by atoms with van der Waals surface area (Å²) in [5.74, 6) is -3.44. The molecule has 4 aliphatic rings. The van der Waals surface area contributed by atoms with Crippen LogP contribution in [0, 0.1) is 17.8 Å². The number of amides is 2. The molecule has 3 aromatic rings. The largest absolute Gasteiger partial charge is 0.508 e. The Bertz CT molecular complexity index is 2010. The quantitative estimate of drug-likeness (QED) is 0.140. The molecule has 0 radical (unpaired) electrons. The number of Topliss-reactive ketones (excluding diaryl/α,β-unsaturated/α-hetero) is 1. The van der Waals surface area contributed by atoms with E-state index in [9.17, 15) is 24.3 Å². The first-order valence-corrected chi connectivity index (χ1v) is 15.8. The van der Waals surface area contributed by atoms with Gasteiger partial charge in [-0.2, -0.15) is 10.2 Å². The number of methoxy groups -OCH3 is 1. The Balaban J connectivity index is 1.21. The van der Waals surface area contributed by atoms with Crippen LogP contribution in [0.1, 0.15) is 31.2 Å². The second-order valence-corrected chi connectivity index (χ2v) is 12.8. The molecule has 242 valence electrons. The molecular weight excluding hydrogens is 608 g/mol. The summed E-state index contributed by atoms with van der Waals surface area (Å²) in [6.45, 7) is 1.60. The van der Waals surface area contributed by atoms with Gasteiger partial charge in [0.25, 0.3) is 0 Å². The Morgan fingerprint density at radius 1 is 0.875 bits per heavy atom. The fraction of sp³-hybridized carbons (Fsp3) is 0.263. The van der Waals surface area contributed by atoms with Gasteiger partial charge in [-0.1, -0.05) is 11.6 Å². The number of fused-ring (bicyclic) bond motifs is 3. The zero-order valence-electron chi connectivity index (χ0n) is 27.0. The fourth-order valence-electron chi connectivity index (χ4n) is 7.48. The molecule has 10 nitrogen and oxygen atoms in total. The van der Waals surface area contributed by atoms with Crippen LogP contribution in [0.25, 0.3) is 0 Å². The number of carbonyl (C=O) groups excluding carboxylic acids is 4. The first kappa shape index (κ1) is 31.0. The molecule has 4 atom stereocenters. The molecule has 7 rings (SSSR count). The molecule has 1 heterocycles. The number of hydrogen-bond acceptors (Lipinski definition) is 9. The summed E-state index contributed by atoms with van der Waals surface area (Å²) in [5, 5.41) is 19.7. The normalized spacial score (nSPS) is 23.5. The minimum atomic E-state index is -0.767. The van der Waals surface area contributed by atoms with Gasteiger partial charge in [0.2, 0.25) is 11.8 Å². The van der Waals surface area contributed by atoms with E-state index in [2.05, 4.69) is 10.2 Å². The second kappa shape index (κ2) is 11.9. The highest BCUT2D eigenvalue weighted by atomic mass is 16.5. The van der Waals surface area contributed by atoms with Gasteiger partial charge in [-0.05, 0) is 98.5 Å². The lowest BCUT2D eigenvalue weighted by molar-refractivity contribution is -0.123. The minimum Gasteiger partial charge on any atom is -0.508 e. The zero-order chi connectivity index (χ0) is 33.9. The van der Waals surface area contributed by atoms with E-state index in [0.29, 0.717) is 45.1 Å². The maximum atomic E-state index is 14.2. The zero-order valence-corrected chi connectivity index (χ0v) is 27.0. The third-order valence-corrected chi connectivity index (χ3v) is 9.86. The van der Waals surface area contributed by atoms with Crippen LogP contribution in [-0.2, 0) is 19.2 Å². The molecule has 3 aliphatic carbocycles. The van der Waals surface area contributed by atoms with Crippen LogP contribution in [0.5, 0.6) is 11.5 Å². The van der Waals surface area contributed by atoms with E-state index in [1.165, 1.54) is 24.2 Å². The molecule has 4 unspecified atom stereocenters. The molecule has 1 N–H and O–H groups in total. The Morgan fingerprint density at radius 2 is 1.54 bits per heavy atom. The molecule has 0 bridgehead atoms. The SMILES string of the molecule is COc1ccc(O)c(C2C3=CCC4C(=O)N(c5ccc(N=Nc6ccc(N(C)C)cc6)cc5)C(=O)C4C3CC3=C2C(=O)C=C(C)C3=O)c1. The van der Waals surface area contributed by atoms with Gasteiger partial charge in [0.05, 0.1) is 36.0 Å². The maximum Gasteiger partial charge on any atom is 0.238 e. The van der Waals surface area contributed by atoms with Gasteiger partial charge in [0, 0.05) is 48.0 Å². The van der Waals surface area contributed by atoms with Crippen molar-refractivity contribution < 1.29 is 29.0 Å². The molecule has 0 saturated carbocycles. The van der Waals surface area contributed by atoms with Crippen molar-refractivity contribution in [2.75, 3.05) is 31.0 Å². The standard InChI is InChI=1S/C38H34N4O6/c1-20-17-32(44)35-30(36(20)45)19-28-26(33(35)29-18-25(48-4)13-16-31(29)43)14-15-27-34(28)38(47)42(37(27)46)24-11-7-22(8-12-24)40-39-21-5-9-23(10-6-21)41(2)3/h5-14,16-18,27-28,33-34,43H,15,19H2,1-4H3. The number of azo groups is 1. The lowest BCUT2D eigenvalue weighted by Crippen LogP contribution is -2.39. The molecule has 48 heavy (non-hydrogen) atoms. The van der Waals surface area contributed by atoms with E-state index in [4.69, 9.17) is 4.74 Å². The van der Waals surface area contributed by atoms with Crippen molar-refractivity contribution >= 4 is 46.1 Å². The van der Waals surface area contributed by atoms with Crippen LogP contribution < -0.4 is 14.5 Å². The van der Waals surface area contributed by atoms with E-state index in [-0.39, 0.29) is 42.0 Å². The Kier molecular flexibility index (Phi) is 7.66. The van der Waals surface area contributed by atoms with Gasteiger partial charge in [-0.3, -0.25) is 24.1 Å². The molecule has 1 fully saturated rings. The van der Waals surface area contributed by atoms with E-state index in [0.717, 1.165) is 11.3 Å². The highest BCUT2D eigenvalue weighted by Gasteiger charge is 2.56. The van der Waals surface area contributed by atoms with Crippen molar-refractivity contribution in [3.8, 4) is 11.5 Å². The Hall–Kier alpha value is -5.64. The van der Waals surface area contributed by atoms with Gasteiger partial charge in [-0.15, -0.1) is 0 Å². The summed E-state index contributed by atoms with van der Waals surface area (Å²) in [5.41, 5.74) is 4.86. The van der Waals surface area contributed by atoms with Crippen LogP contribution in [0.4, 0.5) is 22.7 Å². The first-order valence-electron chi connectivity index (χ1n) is 15.8. The number of ketones is 2. The average molecular weight is 643 g/mol. The average Bonchev–Trinajstić information content (AvgIpc) is 3.35. The number of anilines is 2. The first-order chi connectivity index (χ1) is 23.1. The Morgan fingerprint density at radius 3 is 2.19 bits per heavy atom. The predicted octanol–water partition coefficient (Wildman–Crippen LogP) is 6.52. The number of hydrogen-bond donors (Lipinski definition) is 1. The van der Waals surface area contributed by atoms with Crippen molar-refractivity contribution in [1.29, 1.82) is 0 Å². The maximum absolute atomic E-state index is 14.2. The van der Waals surface area contributed by atoms with Gasteiger partial charge in [0.1, 0.15) is 11.5 Å². The number of rotatable bonds is 6. The number of ether oxygens (including phenoxy) is 1. The number of carbonyl (C=O) groups is 4. The lowest BCUT2D eigenvalue weighted by Gasteiger charge is -2.42. The number of benzene rings is 3. The molecule has 1 aliphatic heterocycles. The third kappa shape index (κ3) is 5.04. The van der Waals surface area contributed by atoms with Crippen LogP contribution >= 0.6 is 0 Å². The van der Waals surface area contributed by atoms with Gasteiger partial charge in [0.15, 0.2) is 11.6 Å². The highest BCUT2D eigenvalue weighted by molar-refractivity contribution is 6.25. The summed E-state index contributed by atoms with van der Waals surface area (Å²) in [6.07, 6.45) is 3.71. The van der Waals surface area contributed by atoms with Crippen molar-refractivity contribution in [3.05, 3.63) is 107 Å². The fourth-order valence-corrected chi connectivity index (χ4v) is 7.48. The molecule has 1 saturated heterocycles. The third-order valence-electron chi connectivity index (χ3n) is 9.86. The summed E-state index contributed by atoms with van der Waals surface area (Å²) >= 11 is 0. The molecule has 0 aromatic heterocycles. The van der Waals surface area contributed by atoms with E-state index < -0.39 is 23.7 Å². The number of nitrogens with zero attached hydrogens (tertiary/aromatic N) is 4. The van der Waals surface area contributed by atoms with E-state index in [1.54, 1.807) is 43.3 Å². The monoisotopic (exact) mass is 642 g/mol. The van der Waals surface area contributed by atoms with Crippen LogP contribution in [0.2, 0.25) is 0 Å².